The summed E-state index contributed by atoms with van der Waals surface area (Å²) in [6.45, 7) is 4.28. The molecular formula is C41H78NO12P. The number of unbranched alkanes of at least 4 members (excludes halogenated alkanes) is 20. The van der Waals surface area contributed by atoms with E-state index in [-0.39, 0.29) is 38.8 Å². The van der Waals surface area contributed by atoms with Crippen LogP contribution in [0, 0.1) is 0 Å². The van der Waals surface area contributed by atoms with Gasteiger partial charge in [-0.2, -0.15) is 0 Å². The second-order valence-corrected chi connectivity index (χ2v) is 16.0. The van der Waals surface area contributed by atoms with Crippen LogP contribution in [0.25, 0.3) is 0 Å². The Bertz CT molecular complexity index is 1010. The highest BCUT2D eigenvalue weighted by Gasteiger charge is 2.29. The summed E-state index contributed by atoms with van der Waals surface area (Å²) in [6.07, 6.45) is 23.8. The summed E-state index contributed by atoms with van der Waals surface area (Å²) in [7, 11) is -4.79. The molecule has 0 heterocycles. The fourth-order valence-corrected chi connectivity index (χ4v) is 6.60. The molecule has 324 valence electrons. The van der Waals surface area contributed by atoms with E-state index in [1.807, 2.05) is 0 Å². The third kappa shape index (κ3) is 36.1. The van der Waals surface area contributed by atoms with Crippen molar-refractivity contribution in [2.24, 2.45) is 5.73 Å². The number of hydrogen-bond donors (Lipinski definition) is 2. The molecule has 14 heteroatoms. The van der Waals surface area contributed by atoms with Crippen LogP contribution in [0.5, 0.6) is 0 Å². The zero-order valence-electron chi connectivity index (χ0n) is 34.7. The Labute approximate surface area is 332 Å². The lowest BCUT2D eigenvalue weighted by Crippen LogP contribution is -2.31. The van der Waals surface area contributed by atoms with Gasteiger partial charge in [-0.1, -0.05) is 149 Å². The molecule has 0 bridgehead atoms. The first-order valence-electron chi connectivity index (χ1n) is 21.6. The summed E-state index contributed by atoms with van der Waals surface area (Å²) in [5, 5.41) is 0. The maximum absolute atomic E-state index is 12.8. The van der Waals surface area contributed by atoms with E-state index >= 15 is 0 Å². The van der Waals surface area contributed by atoms with E-state index in [1.165, 1.54) is 89.9 Å². The molecule has 0 aliphatic heterocycles. The van der Waals surface area contributed by atoms with E-state index in [2.05, 4.69) is 13.8 Å². The fraction of sp³-hybridized carbons (Fsp3) is 0.902. The van der Waals surface area contributed by atoms with Crippen molar-refractivity contribution >= 4 is 31.7 Å². The number of nitrogens with two attached hydrogens (primary N) is 1. The Kier molecular flexibility index (Phi) is 36.1. The molecular weight excluding hydrogens is 729 g/mol. The highest BCUT2D eigenvalue weighted by Crippen LogP contribution is 2.43. The Balaban J connectivity index is 4.94. The topological polar surface area (TPSA) is 187 Å². The van der Waals surface area contributed by atoms with Crippen LogP contribution in [0.4, 0.5) is 0 Å². The molecule has 0 saturated heterocycles. The van der Waals surface area contributed by atoms with Crippen LogP contribution in [-0.4, -0.2) is 74.0 Å². The third-order valence-electron chi connectivity index (χ3n) is 9.08. The number of carbonyl (C=O) groups excluding carboxylic acids is 4. The van der Waals surface area contributed by atoms with E-state index in [1.54, 1.807) is 6.92 Å². The molecule has 0 aliphatic carbocycles. The van der Waals surface area contributed by atoms with Crippen molar-refractivity contribution in [2.75, 3.05) is 33.0 Å². The largest absolute Gasteiger partial charge is 0.472 e. The van der Waals surface area contributed by atoms with Gasteiger partial charge < -0.3 is 29.6 Å². The summed E-state index contributed by atoms with van der Waals surface area (Å²) in [6, 6.07) is 0. The van der Waals surface area contributed by atoms with Gasteiger partial charge in [-0.15, -0.1) is 0 Å². The van der Waals surface area contributed by atoms with Crippen molar-refractivity contribution in [2.45, 2.75) is 206 Å². The van der Waals surface area contributed by atoms with Gasteiger partial charge in [0.2, 0.25) is 0 Å². The molecule has 3 N–H and O–H groups in total. The van der Waals surface area contributed by atoms with Gasteiger partial charge >= 0.3 is 31.7 Å². The van der Waals surface area contributed by atoms with Crippen LogP contribution in [0.3, 0.4) is 0 Å². The van der Waals surface area contributed by atoms with E-state index < -0.39 is 63.7 Å². The number of phosphoric acid groups is 1. The van der Waals surface area contributed by atoms with Gasteiger partial charge in [0.05, 0.1) is 19.6 Å². The standard InChI is InChI=1S/C41H78NO12P/c1-4-7-9-11-13-15-17-19-21-23-25-28-39(44)50-33-36(53-40(45)29-26-24-22-20-18-16-14-12-10-8-5-2)34-51-55(47,48)52-35-37(54-41(46)30-31-42)32-49-38(43)27-6-3/h36-37H,4-35,42H2,1-3H3,(H,47,48)/t36-,37?/m1/s1. The minimum atomic E-state index is -4.79. The van der Waals surface area contributed by atoms with Crippen molar-refractivity contribution in [3.05, 3.63) is 0 Å². The van der Waals surface area contributed by atoms with E-state index in [0.29, 0.717) is 19.3 Å². The van der Waals surface area contributed by atoms with Crippen molar-refractivity contribution in [1.29, 1.82) is 0 Å². The predicted molar refractivity (Wildman–Crippen MR) is 214 cm³/mol. The number of carbonyl (C=O) groups is 4. The fourth-order valence-electron chi connectivity index (χ4n) is 5.82. The van der Waals surface area contributed by atoms with Gasteiger partial charge in [0.15, 0.2) is 12.2 Å². The third-order valence-corrected chi connectivity index (χ3v) is 10.0. The molecule has 0 aromatic carbocycles. The molecule has 0 amide bonds. The Morgan fingerprint density at radius 3 is 1.15 bits per heavy atom. The van der Waals surface area contributed by atoms with Crippen molar-refractivity contribution < 1.29 is 56.6 Å². The predicted octanol–water partition coefficient (Wildman–Crippen LogP) is 9.58. The van der Waals surface area contributed by atoms with Crippen LogP contribution >= 0.6 is 7.82 Å². The number of phosphoric ester groups is 1. The second-order valence-electron chi connectivity index (χ2n) is 14.5. The Morgan fingerprint density at radius 2 is 0.782 bits per heavy atom. The van der Waals surface area contributed by atoms with Gasteiger partial charge in [0.25, 0.3) is 0 Å². The molecule has 0 aliphatic rings. The molecule has 0 spiro atoms. The molecule has 0 saturated carbocycles. The average Bonchev–Trinajstić information content (AvgIpc) is 3.15. The minimum absolute atomic E-state index is 0.0207. The first kappa shape index (κ1) is 53.0. The lowest BCUT2D eigenvalue weighted by atomic mass is 10.1. The molecule has 2 unspecified atom stereocenters. The molecule has 0 aromatic rings. The van der Waals surface area contributed by atoms with Gasteiger partial charge in [-0.3, -0.25) is 28.2 Å². The van der Waals surface area contributed by atoms with Crippen molar-refractivity contribution in [1.82, 2.24) is 0 Å². The lowest BCUT2D eigenvalue weighted by Gasteiger charge is -2.22. The van der Waals surface area contributed by atoms with Gasteiger partial charge in [0, 0.05) is 25.8 Å². The number of rotatable bonds is 40. The average molecular weight is 808 g/mol. The quantitative estimate of drug-likeness (QED) is 0.0258. The minimum Gasteiger partial charge on any atom is -0.462 e. The van der Waals surface area contributed by atoms with Crippen molar-refractivity contribution in [3.63, 3.8) is 0 Å². The summed E-state index contributed by atoms with van der Waals surface area (Å²) in [5.74, 6) is -2.20. The monoisotopic (exact) mass is 808 g/mol. The molecule has 0 aromatic heterocycles. The van der Waals surface area contributed by atoms with Crippen LogP contribution in [-0.2, 0) is 51.7 Å². The number of esters is 4. The van der Waals surface area contributed by atoms with Gasteiger partial charge in [-0.25, -0.2) is 4.57 Å². The normalized spacial score (nSPS) is 13.5. The highest BCUT2D eigenvalue weighted by atomic mass is 31.2. The van der Waals surface area contributed by atoms with Crippen LogP contribution in [0.1, 0.15) is 194 Å². The van der Waals surface area contributed by atoms with Crippen LogP contribution < -0.4 is 5.73 Å². The molecule has 0 radical (unpaired) electrons. The van der Waals surface area contributed by atoms with Crippen molar-refractivity contribution in [3.8, 4) is 0 Å². The van der Waals surface area contributed by atoms with E-state index in [4.69, 9.17) is 33.7 Å². The van der Waals surface area contributed by atoms with Crippen LogP contribution in [0.2, 0.25) is 0 Å². The van der Waals surface area contributed by atoms with E-state index in [0.717, 1.165) is 38.5 Å². The Hall–Kier alpha value is -2.05. The molecule has 0 fully saturated rings. The first-order chi connectivity index (χ1) is 26.6. The smallest absolute Gasteiger partial charge is 0.462 e. The van der Waals surface area contributed by atoms with Crippen LogP contribution in [0.15, 0.2) is 0 Å². The number of hydrogen-bond acceptors (Lipinski definition) is 12. The molecule has 13 nitrogen and oxygen atoms in total. The zero-order valence-corrected chi connectivity index (χ0v) is 35.6. The molecule has 55 heavy (non-hydrogen) atoms. The Morgan fingerprint density at radius 1 is 0.455 bits per heavy atom. The zero-order chi connectivity index (χ0) is 40.8. The SMILES string of the molecule is CCCCCCCCCCCCCC(=O)OC[C@H](COP(=O)(O)OCC(COC(=O)CCC)OC(=O)CCN)OC(=O)CCCCCCCCCCCCC. The highest BCUT2D eigenvalue weighted by molar-refractivity contribution is 7.47. The summed E-state index contributed by atoms with van der Waals surface area (Å²) in [4.78, 5) is 59.5. The molecule has 3 atom stereocenters. The summed E-state index contributed by atoms with van der Waals surface area (Å²) in [5.41, 5.74) is 5.40. The summed E-state index contributed by atoms with van der Waals surface area (Å²) < 4.78 is 44.2. The lowest BCUT2D eigenvalue weighted by molar-refractivity contribution is -0.162. The van der Waals surface area contributed by atoms with E-state index in [9.17, 15) is 28.6 Å². The number of ether oxygens (including phenoxy) is 4. The second kappa shape index (κ2) is 37.5. The van der Waals surface area contributed by atoms with Gasteiger partial charge in [-0.05, 0) is 19.3 Å². The maximum Gasteiger partial charge on any atom is 0.472 e. The summed E-state index contributed by atoms with van der Waals surface area (Å²) >= 11 is 0. The first-order valence-corrected chi connectivity index (χ1v) is 23.1. The maximum atomic E-state index is 12.8. The molecule has 0 rings (SSSR count). The van der Waals surface area contributed by atoms with Gasteiger partial charge in [0.1, 0.15) is 13.2 Å².